The Morgan fingerprint density at radius 3 is 2.71 bits per heavy atom. The Hall–Kier alpha value is 0.240. The van der Waals surface area contributed by atoms with E-state index in [-0.39, 0.29) is 0 Å². The molecule has 4 heteroatoms. The minimum Gasteiger partial charge on any atom is -0.314 e. The van der Waals surface area contributed by atoms with Crippen molar-refractivity contribution in [3.63, 3.8) is 0 Å². The van der Waals surface area contributed by atoms with Gasteiger partial charge in [-0.1, -0.05) is 30.1 Å². The molecule has 0 saturated heterocycles. The minimum atomic E-state index is 0.621. The maximum Gasteiger partial charge on any atom is 0.0978 e. The van der Waals surface area contributed by atoms with E-state index in [1.54, 1.807) is 0 Å². The first-order chi connectivity index (χ1) is 6.70. The molecule has 0 aromatic carbocycles. The average molecular weight is 250 g/mol. The van der Waals surface area contributed by atoms with Crippen LogP contribution in [0.2, 0.25) is 8.67 Å². The number of nitrogens with one attached hydrogen (secondary N) is 1. The quantitative estimate of drug-likeness (QED) is 0.857. The molecular weight excluding hydrogens is 237 g/mol. The molecule has 0 spiro atoms. The molecule has 78 valence electrons. The Balaban J connectivity index is 1.96. The Labute approximate surface area is 98.4 Å². The summed E-state index contributed by atoms with van der Waals surface area (Å²) in [5.41, 5.74) is 1.25. The summed E-state index contributed by atoms with van der Waals surface area (Å²) in [5.74, 6) is 0.621. The summed E-state index contributed by atoms with van der Waals surface area (Å²) in [5, 5.41) is 3.44. The number of hydrogen-bond acceptors (Lipinski definition) is 2. The maximum absolute atomic E-state index is 6.09. The molecule has 1 aliphatic carbocycles. The van der Waals surface area contributed by atoms with Crippen LogP contribution in [-0.4, -0.2) is 12.6 Å². The molecule has 0 radical (unpaired) electrons. The van der Waals surface area contributed by atoms with Crippen LogP contribution in [0, 0.1) is 0 Å². The van der Waals surface area contributed by atoms with Crippen molar-refractivity contribution in [1.29, 1.82) is 0 Å². The summed E-state index contributed by atoms with van der Waals surface area (Å²) >= 11 is 13.5. The van der Waals surface area contributed by atoms with Gasteiger partial charge in [0.1, 0.15) is 0 Å². The molecule has 1 aromatic rings. The highest BCUT2D eigenvalue weighted by molar-refractivity contribution is 7.20. The summed E-state index contributed by atoms with van der Waals surface area (Å²) in [6.07, 6.45) is 2.39. The topological polar surface area (TPSA) is 12.0 Å². The standard InChI is InChI=1S/C10H13Cl2NS/c1-2-13-7-3-6(4-7)8-5-9(11)14-10(8)12/h5-7,13H,2-4H2,1H3. The molecular formula is C10H13Cl2NS. The van der Waals surface area contributed by atoms with E-state index in [1.165, 1.54) is 29.7 Å². The zero-order valence-corrected chi connectivity index (χ0v) is 10.3. The Morgan fingerprint density at radius 1 is 1.50 bits per heavy atom. The molecule has 0 atom stereocenters. The number of thiophene rings is 1. The zero-order chi connectivity index (χ0) is 10.1. The van der Waals surface area contributed by atoms with Crippen molar-refractivity contribution in [3.05, 3.63) is 20.3 Å². The van der Waals surface area contributed by atoms with Crippen molar-refractivity contribution < 1.29 is 0 Å². The molecule has 0 amide bonds. The van der Waals surface area contributed by atoms with Crippen molar-refractivity contribution in [1.82, 2.24) is 5.32 Å². The lowest BCUT2D eigenvalue weighted by Crippen LogP contribution is -2.39. The highest BCUT2D eigenvalue weighted by Crippen LogP contribution is 2.44. The van der Waals surface area contributed by atoms with Crippen LogP contribution >= 0.6 is 34.5 Å². The normalized spacial score (nSPS) is 26.2. The van der Waals surface area contributed by atoms with E-state index in [0.717, 1.165) is 15.2 Å². The van der Waals surface area contributed by atoms with Crippen LogP contribution in [0.1, 0.15) is 31.2 Å². The Morgan fingerprint density at radius 2 is 2.21 bits per heavy atom. The van der Waals surface area contributed by atoms with Gasteiger partial charge < -0.3 is 5.32 Å². The maximum atomic E-state index is 6.09. The first-order valence-corrected chi connectivity index (χ1v) is 6.46. The van der Waals surface area contributed by atoms with Gasteiger partial charge >= 0.3 is 0 Å². The molecule has 0 aliphatic heterocycles. The van der Waals surface area contributed by atoms with E-state index in [2.05, 4.69) is 12.2 Å². The zero-order valence-electron chi connectivity index (χ0n) is 8.02. The van der Waals surface area contributed by atoms with Crippen LogP contribution in [0.25, 0.3) is 0 Å². The van der Waals surface area contributed by atoms with E-state index in [1.807, 2.05) is 6.07 Å². The van der Waals surface area contributed by atoms with E-state index in [4.69, 9.17) is 23.2 Å². The first-order valence-electron chi connectivity index (χ1n) is 4.88. The van der Waals surface area contributed by atoms with Crippen LogP contribution in [0.3, 0.4) is 0 Å². The van der Waals surface area contributed by atoms with Crippen LogP contribution in [-0.2, 0) is 0 Å². The highest BCUT2D eigenvalue weighted by atomic mass is 35.5. The van der Waals surface area contributed by atoms with Crippen molar-refractivity contribution >= 4 is 34.5 Å². The van der Waals surface area contributed by atoms with Gasteiger partial charge in [-0.2, -0.15) is 0 Å². The first kappa shape index (κ1) is 10.7. The second kappa shape index (κ2) is 4.40. The minimum absolute atomic E-state index is 0.621. The van der Waals surface area contributed by atoms with Crippen LogP contribution in [0.5, 0.6) is 0 Å². The monoisotopic (exact) mass is 249 g/mol. The van der Waals surface area contributed by atoms with Gasteiger partial charge in [0.05, 0.1) is 8.67 Å². The van der Waals surface area contributed by atoms with Crippen molar-refractivity contribution in [2.75, 3.05) is 6.54 Å². The largest absolute Gasteiger partial charge is 0.314 e. The second-order valence-corrected chi connectivity index (χ2v) is 5.99. The molecule has 1 saturated carbocycles. The van der Waals surface area contributed by atoms with Gasteiger partial charge in [-0.05, 0) is 36.9 Å². The Bertz CT molecular complexity index is 318. The lowest BCUT2D eigenvalue weighted by molar-refractivity contribution is 0.296. The summed E-state index contributed by atoms with van der Waals surface area (Å²) < 4.78 is 1.67. The molecule has 2 rings (SSSR count). The predicted molar refractivity (Wildman–Crippen MR) is 63.8 cm³/mol. The van der Waals surface area contributed by atoms with Crippen molar-refractivity contribution in [2.24, 2.45) is 0 Å². The molecule has 0 bridgehead atoms. The fourth-order valence-electron chi connectivity index (χ4n) is 1.96. The summed E-state index contributed by atoms with van der Waals surface area (Å²) in [6.45, 7) is 3.19. The second-order valence-electron chi connectivity index (χ2n) is 3.70. The summed E-state index contributed by atoms with van der Waals surface area (Å²) in [7, 11) is 0. The smallest absolute Gasteiger partial charge is 0.0978 e. The third-order valence-corrected chi connectivity index (χ3v) is 4.27. The molecule has 14 heavy (non-hydrogen) atoms. The lowest BCUT2D eigenvalue weighted by Gasteiger charge is -2.35. The van der Waals surface area contributed by atoms with E-state index >= 15 is 0 Å². The third-order valence-electron chi connectivity index (χ3n) is 2.75. The Kier molecular flexibility index (Phi) is 3.38. The molecule has 1 heterocycles. The molecule has 0 unspecified atom stereocenters. The molecule has 1 fully saturated rings. The highest BCUT2D eigenvalue weighted by Gasteiger charge is 2.31. The number of halogens is 2. The van der Waals surface area contributed by atoms with Gasteiger partial charge in [-0.3, -0.25) is 0 Å². The summed E-state index contributed by atoms with van der Waals surface area (Å²) in [4.78, 5) is 0. The van der Waals surface area contributed by atoms with Gasteiger partial charge in [0.15, 0.2) is 0 Å². The van der Waals surface area contributed by atoms with E-state index in [9.17, 15) is 0 Å². The van der Waals surface area contributed by atoms with Gasteiger partial charge in [0.2, 0.25) is 0 Å². The van der Waals surface area contributed by atoms with Gasteiger partial charge in [0.25, 0.3) is 0 Å². The van der Waals surface area contributed by atoms with E-state index < -0.39 is 0 Å². The van der Waals surface area contributed by atoms with Crippen molar-refractivity contribution in [3.8, 4) is 0 Å². The average Bonchev–Trinajstić information content (AvgIpc) is 2.37. The SMILES string of the molecule is CCNC1CC(c2cc(Cl)sc2Cl)C1. The predicted octanol–water partition coefficient (Wildman–Crippen LogP) is 3.91. The third kappa shape index (κ3) is 2.08. The fourth-order valence-corrected chi connectivity index (χ4v) is 3.58. The fraction of sp³-hybridized carbons (Fsp3) is 0.600. The van der Waals surface area contributed by atoms with E-state index in [0.29, 0.717) is 12.0 Å². The van der Waals surface area contributed by atoms with Crippen LogP contribution < -0.4 is 5.32 Å². The number of hydrogen-bond donors (Lipinski definition) is 1. The van der Waals surface area contributed by atoms with Gasteiger partial charge in [0, 0.05) is 6.04 Å². The molecule has 1 aromatic heterocycles. The van der Waals surface area contributed by atoms with Crippen LogP contribution in [0.4, 0.5) is 0 Å². The van der Waals surface area contributed by atoms with Gasteiger partial charge in [-0.25, -0.2) is 0 Å². The van der Waals surface area contributed by atoms with Crippen LogP contribution in [0.15, 0.2) is 6.07 Å². The lowest BCUT2D eigenvalue weighted by atomic mass is 9.77. The number of rotatable bonds is 3. The molecule has 1 aliphatic rings. The summed E-state index contributed by atoms with van der Waals surface area (Å²) in [6, 6.07) is 2.70. The molecule has 1 N–H and O–H groups in total. The van der Waals surface area contributed by atoms with Crippen molar-refractivity contribution in [2.45, 2.75) is 31.7 Å². The van der Waals surface area contributed by atoms with Gasteiger partial charge in [-0.15, -0.1) is 11.3 Å². The molecule has 1 nitrogen and oxygen atoms in total.